The molecule has 0 aliphatic carbocycles. The number of aryl methyl sites for hydroxylation is 1. The second-order valence-electron chi connectivity index (χ2n) is 7.07. The van der Waals surface area contributed by atoms with Crippen LogP contribution in [-0.4, -0.2) is 51.8 Å². The summed E-state index contributed by atoms with van der Waals surface area (Å²) in [5, 5.41) is 3.92. The van der Waals surface area contributed by atoms with Crippen LogP contribution in [0, 0.1) is 6.92 Å². The van der Waals surface area contributed by atoms with E-state index in [2.05, 4.69) is 10.1 Å². The summed E-state index contributed by atoms with van der Waals surface area (Å²) < 4.78 is 42.6. The monoisotopic (exact) mass is 415 g/mol. The van der Waals surface area contributed by atoms with Gasteiger partial charge in [0.25, 0.3) is 5.91 Å². The molecule has 1 aromatic carbocycles. The van der Waals surface area contributed by atoms with Crippen molar-refractivity contribution in [3.8, 4) is 5.69 Å². The Morgan fingerprint density at radius 3 is 2.33 bits per heavy atom. The Morgan fingerprint density at radius 2 is 1.70 bits per heavy atom. The van der Waals surface area contributed by atoms with E-state index in [1.807, 2.05) is 23.1 Å². The van der Waals surface area contributed by atoms with E-state index in [9.17, 15) is 18.0 Å². The van der Waals surface area contributed by atoms with E-state index in [-0.39, 0.29) is 0 Å². The van der Waals surface area contributed by atoms with Gasteiger partial charge in [-0.3, -0.25) is 4.79 Å². The lowest BCUT2D eigenvalue weighted by Gasteiger charge is -2.35. The number of carbonyl (C=O) groups is 1. The average molecular weight is 415 g/mol. The van der Waals surface area contributed by atoms with Gasteiger partial charge >= 0.3 is 6.18 Å². The van der Waals surface area contributed by atoms with Crippen LogP contribution >= 0.6 is 0 Å². The van der Waals surface area contributed by atoms with Gasteiger partial charge in [-0.15, -0.1) is 0 Å². The number of aromatic nitrogens is 3. The number of halogens is 3. The standard InChI is InChI=1S/C21H20F3N5O/c1-15-6-2-3-7-17(15)29-19(21(22,23)24)16(14-26-29)20(30)28-12-10-27(11-13-28)18-8-4-5-9-25-18/h2-9,14H,10-13H2,1H3. The van der Waals surface area contributed by atoms with Gasteiger partial charge in [0.15, 0.2) is 5.69 Å². The van der Waals surface area contributed by atoms with Crippen LogP contribution in [0.4, 0.5) is 19.0 Å². The molecule has 0 N–H and O–H groups in total. The first kappa shape index (κ1) is 19.9. The lowest BCUT2D eigenvalue weighted by atomic mass is 10.1. The second-order valence-corrected chi connectivity index (χ2v) is 7.07. The number of benzene rings is 1. The Morgan fingerprint density at radius 1 is 1.00 bits per heavy atom. The minimum Gasteiger partial charge on any atom is -0.353 e. The van der Waals surface area contributed by atoms with Crippen LogP contribution in [-0.2, 0) is 6.18 Å². The Bertz CT molecular complexity index is 1040. The number of amides is 1. The zero-order chi connectivity index (χ0) is 21.3. The summed E-state index contributed by atoms with van der Waals surface area (Å²) in [6.07, 6.45) is -2.02. The molecule has 0 bridgehead atoms. The molecule has 156 valence electrons. The van der Waals surface area contributed by atoms with Crippen molar-refractivity contribution >= 4 is 11.7 Å². The maximum atomic E-state index is 13.9. The maximum absolute atomic E-state index is 13.9. The van der Waals surface area contributed by atoms with Crippen molar-refractivity contribution in [2.24, 2.45) is 0 Å². The summed E-state index contributed by atoms with van der Waals surface area (Å²) in [5.74, 6) is 0.121. The normalized spacial score (nSPS) is 14.8. The molecule has 1 aliphatic heterocycles. The number of para-hydroxylation sites is 1. The van der Waals surface area contributed by atoms with E-state index < -0.39 is 23.3 Å². The number of carbonyl (C=O) groups excluding carboxylic acids is 1. The van der Waals surface area contributed by atoms with Gasteiger partial charge in [0.2, 0.25) is 0 Å². The molecule has 30 heavy (non-hydrogen) atoms. The van der Waals surface area contributed by atoms with Gasteiger partial charge in [-0.1, -0.05) is 24.3 Å². The van der Waals surface area contributed by atoms with Crippen molar-refractivity contribution in [3.05, 3.63) is 71.7 Å². The molecular weight excluding hydrogens is 395 g/mol. The van der Waals surface area contributed by atoms with Gasteiger partial charge in [0.05, 0.1) is 17.4 Å². The summed E-state index contributed by atoms with van der Waals surface area (Å²) in [6.45, 7) is 3.31. The third-order valence-corrected chi connectivity index (χ3v) is 5.15. The predicted molar refractivity (Wildman–Crippen MR) is 106 cm³/mol. The predicted octanol–water partition coefficient (Wildman–Crippen LogP) is 3.56. The highest BCUT2D eigenvalue weighted by atomic mass is 19.4. The number of pyridine rings is 1. The molecule has 0 unspecified atom stereocenters. The first-order valence-corrected chi connectivity index (χ1v) is 9.53. The van der Waals surface area contributed by atoms with Crippen molar-refractivity contribution in [2.45, 2.75) is 13.1 Å². The molecule has 9 heteroatoms. The SMILES string of the molecule is Cc1ccccc1-n1ncc(C(=O)N2CCN(c3ccccn3)CC2)c1C(F)(F)F. The number of hydrogen-bond acceptors (Lipinski definition) is 4. The van der Waals surface area contributed by atoms with Crippen LogP contribution in [0.15, 0.2) is 54.9 Å². The fourth-order valence-corrected chi connectivity index (χ4v) is 3.61. The smallest absolute Gasteiger partial charge is 0.353 e. The Labute approximate surface area is 171 Å². The molecule has 6 nitrogen and oxygen atoms in total. The number of rotatable bonds is 3. The van der Waals surface area contributed by atoms with E-state index in [1.165, 1.54) is 4.90 Å². The lowest BCUT2D eigenvalue weighted by Crippen LogP contribution is -2.49. The topological polar surface area (TPSA) is 54.3 Å². The molecule has 1 fully saturated rings. The second kappa shape index (κ2) is 7.81. The maximum Gasteiger partial charge on any atom is 0.434 e. The summed E-state index contributed by atoms with van der Waals surface area (Å²) in [6, 6.07) is 12.2. The van der Waals surface area contributed by atoms with Crippen LogP contribution in [0.3, 0.4) is 0 Å². The highest BCUT2D eigenvalue weighted by molar-refractivity contribution is 5.95. The Balaban J connectivity index is 1.60. The fraction of sp³-hybridized carbons (Fsp3) is 0.286. The zero-order valence-corrected chi connectivity index (χ0v) is 16.3. The van der Waals surface area contributed by atoms with Crippen molar-refractivity contribution < 1.29 is 18.0 Å². The average Bonchev–Trinajstić information content (AvgIpc) is 3.20. The van der Waals surface area contributed by atoms with Gasteiger partial charge in [-0.2, -0.15) is 18.3 Å². The lowest BCUT2D eigenvalue weighted by molar-refractivity contribution is -0.143. The molecule has 4 rings (SSSR count). The molecule has 0 radical (unpaired) electrons. The van der Waals surface area contributed by atoms with Crippen molar-refractivity contribution in [1.29, 1.82) is 0 Å². The van der Waals surface area contributed by atoms with Gasteiger partial charge in [-0.05, 0) is 30.7 Å². The molecule has 3 aromatic rings. The fourth-order valence-electron chi connectivity index (χ4n) is 3.61. The first-order chi connectivity index (χ1) is 14.4. The van der Waals surface area contributed by atoms with Crippen LogP contribution in [0.5, 0.6) is 0 Å². The van der Waals surface area contributed by atoms with E-state index in [1.54, 1.807) is 37.4 Å². The molecule has 0 spiro atoms. The van der Waals surface area contributed by atoms with Crippen LogP contribution in [0.1, 0.15) is 21.6 Å². The first-order valence-electron chi connectivity index (χ1n) is 9.53. The van der Waals surface area contributed by atoms with E-state index in [0.717, 1.165) is 16.7 Å². The summed E-state index contributed by atoms with van der Waals surface area (Å²) in [7, 11) is 0. The molecule has 1 saturated heterocycles. The Hall–Kier alpha value is -3.36. The molecule has 0 saturated carbocycles. The van der Waals surface area contributed by atoms with Crippen molar-refractivity contribution in [1.82, 2.24) is 19.7 Å². The summed E-state index contributed by atoms with van der Waals surface area (Å²) >= 11 is 0. The van der Waals surface area contributed by atoms with Crippen LogP contribution < -0.4 is 4.90 Å². The van der Waals surface area contributed by atoms with Gasteiger partial charge in [-0.25, -0.2) is 9.67 Å². The third-order valence-electron chi connectivity index (χ3n) is 5.15. The zero-order valence-electron chi connectivity index (χ0n) is 16.3. The molecule has 1 amide bonds. The van der Waals surface area contributed by atoms with Gasteiger partial charge < -0.3 is 9.80 Å². The number of nitrogens with zero attached hydrogens (tertiary/aromatic N) is 5. The molecular formula is C21H20F3N5O. The van der Waals surface area contributed by atoms with E-state index >= 15 is 0 Å². The van der Waals surface area contributed by atoms with E-state index in [0.29, 0.717) is 37.4 Å². The highest BCUT2D eigenvalue weighted by Crippen LogP contribution is 2.35. The number of piperazine rings is 1. The van der Waals surface area contributed by atoms with Gasteiger partial charge in [0, 0.05) is 32.4 Å². The minimum atomic E-state index is -4.72. The highest BCUT2D eigenvalue weighted by Gasteiger charge is 2.42. The van der Waals surface area contributed by atoms with Crippen LogP contribution in [0.25, 0.3) is 5.69 Å². The summed E-state index contributed by atoms with van der Waals surface area (Å²) in [5.41, 5.74) is -0.552. The quantitative estimate of drug-likeness (QED) is 0.657. The minimum absolute atomic E-state index is 0.295. The van der Waals surface area contributed by atoms with Gasteiger partial charge in [0.1, 0.15) is 5.82 Å². The van der Waals surface area contributed by atoms with Crippen LogP contribution in [0.2, 0.25) is 0 Å². The molecule has 3 heterocycles. The third kappa shape index (κ3) is 3.74. The number of anilines is 1. The van der Waals surface area contributed by atoms with E-state index in [4.69, 9.17) is 0 Å². The van der Waals surface area contributed by atoms with Crippen molar-refractivity contribution in [2.75, 3.05) is 31.1 Å². The Kier molecular flexibility index (Phi) is 5.19. The number of alkyl halides is 3. The number of hydrogen-bond donors (Lipinski definition) is 0. The summed E-state index contributed by atoms with van der Waals surface area (Å²) in [4.78, 5) is 20.7. The van der Waals surface area contributed by atoms with Crippen molar-refractivity contribution in [3.63, 3.8) is 0 Å². The molecule has 0 atom stereocenters. The largest absolute Gasteiger partial charge is 0.434 e. The molecule has 2 aromatic heterocycles. The molecule has 1 aliphatic rings.